The molecule has 0 aliphatic heterocycles. The lowest BCUT2D eigenvalue weighted by atomic mass is 10.1. The Kier molecular flexibility index (Phi) is 6.41. The molecule has 0 spiro atoms. The lowest BCUT2D eigenvalue weighted by molar-refractivity contribution is 0.0955. The lowest BCUT2D eigenvalue weighted by Crippen LogP contribution is -2.32. The second kappa shape index (κ2) is 8.96. The number of carbonyl (C=O) groups is 2. The van der Waals surface area contributed by atoms with Crippen LogP contribution >= 0.6 is 11.3 Å². The second-order valence-corrected chi connectivity index (χ2v) is 7.38. The van der Waals surface area contributed by atoms with Crippen molar-refractivity contribution >= 4 is 28.2 Å². The number of nitrogens with one attached hydrogen (secondary N) is 3. The summed E-state index contributed by atoms with van der Waals surface area (Å²) in [6.45, 7) is 4.34. The molecule has 2 amide bonds. The molecular formula is C20H25N3O2S. The molecule has 1 aliphatic carbocycles. The molecule has 6 heteroatoms. The highest BCUT2D eigenvalue weighted by Gasteiger charge is 2.17. The summed E-state index contributed by atoms with van der Waals surface area (Å²) < 4.78 is 0. The zero-order valence-electron chi connectivity index (χ0n) is 15.1. The molecule has 3 rings (SSSR count). The Labute approximate surface area is 158 Å². The van der Waals surface area contributed by atoms with Crippen LogP contribution in [0, 0.1) is 0 Å². The topological polar surface area (TPSA) is 70.2 Å². The fraction of sp³-hybridized carbons (Fsp3) is 0.400. The van der Waals surface area contributed by atoms with Crippen LogP contribution in [-0.4, -0.2) is 31.4 Å². The third-order valence-electron chi connectivity index (χ3n) is 4.51. The summed E-state index contributed by atoms with van der Waals surface area (Å²) in [6, 6.07) is 7.64. The Morgan fingerprint density at radius 1 is 1.04 bits per heavy atom. The van der Waals surface area contributed by atoms with Crippen molar-refractivity contribution < 1.29 is 9.59 Å². The summed E-state index contributed by atoms with van der Waals surface area (Å²) >= 11 is 1.37. The zero-order chi connectivity index (χ0) is 18.4. The molecule has 0 radical (unpaired) electrons. The van der Waals surface area contributed by atoms with Gasteiger partial charge in [-0.05, 0) is 66.9 Å². The van der Waals surface area contributed by atoms with E-state index in [9.17, 15) is 9.59 Å². The number of thiophene rings is 1. The average Bonchev–Trinajstić information content (AvgIpc) is 3.29. The molecule has 0 saturated heterocycles. The van der Waals surface area contributed by atoms with Crippen LogP contribution in [0.1, 0.15) is 51.6 Å². The van der Waals surface area contributed by atoms with Crippen LogP contribution in [0.4, 0.5) is 5.00 Å². The van der Waals surface area contributed by atoms with Crippen LogP contribution in [0.15, 0.2) is 29.6 Å². The summed E-state index contributed by atoms with van der Waals surface area (Å²) in [5.74, 6) is -0.324. The maximum Gasteiger partial charge on any atom is 0.256 e. The second-order valence-electron chi connectivity index (χ2n) is 6.46. The Morgan fingerprint density at radius 2 is 1.88 bits per heavy atom. The van der Waals surface area contributed by atoms with Gasteiger partial charge in [0.1, 0.15) is 5.00 Å². The van der Waals surface area contributed by atoms with Crippen LogP contribution in [0.25, 0.3) is 0 Å². The van der Waals surface area contributed by atoms with Crippen molar-refractivity contribution in [3.8, 4) is 0 Å². The van der Waals surface area contributed by atoms with Gasteiger partial charge in [0, 0.05) is 18.7 Å². The van der Waals surface area contributed by atoms with E-state index in [-0.39, 0.29) is 11.8 Å². The van der Waals surface area contributed by atoms with E-state index >= 15 is 0 Å². The standard InChI is InChI=1S/C20H25N3O2S/c1-2-9-21-10-11-22-19(25)17-8-12-26-20(17)23-18(24)16-7-6-14-4-3-5-15(14)13-16/h6-8,12-13,21H,2-5,9-11H2,1H3,(H,22,25)(H,23,24). The highest BCUT2D eigenvalue weighted by Crippen LogP contribution is 2.26. The van der Waals surface area contributed by atoms with Crippen LogP contribution in [0.2, 0.25) is 0 Å². The van der Waals surface area contributed by atoms with E-state index in [0.717, 1.165) is 38.8 Å². The molecule has 3 N–H and O–H groups in total. The number of rotatable bonds is 8. The molecule has 0 unspecified atom stereocenters. The van der Waals surface area contributed by atoms with Gasteiger partial charge >= 0.3 is 0 Å². The molecule has 1 aromatic carbocycles. The van der Waals surface area contributed by atoms with Gasteiger partial charge in [0.25, 0.3) is 11.8 Å². The molecule has 0 fully saturated rings. The van der Waals surface area contributed by atoms with Gasteiger partial charge in [-0.3, -0.25) is 9.59 Å². The van der Waals surface area contributed by atoms with E-state index in [2.05, 4.69) is 22.9 Å². The number of anilines is 1. The minimum absolute atomic E-state index is 0.159. The first-order valence-corrected chi connectivity index (χ1v) is 10.1. The van der Waals surface area contributed by atoms with Crippen molar-refractivity contribution in [2.75, 3.05) is 25.0 Å². The van der Waals surface area contributed by atoms with Crippen LogP contribution in [-0.2, 0) is 12.8 Å². The van der Waals surface area contributed by atoms with E-state index in [1.54, 1.807) is 6.07 Å². The summed E-state index contributed by atoms with van der Waals surface area (Å²) in [5, 5.41) is 11.4. The van der Waals surface area contributed by atoms with Gasteiger partial charge in [0.2, 0.25) is 0 Å². The fourth-order valence-corrected chi connectivity index (χ4v) is 3.91. The Balaban J connectivity index is 1.59. The van der Waals surface area contributed by atoms with E-state index in [1.165, 1.54) is 22.5 Å². The first-order valence-electron chi connectivity index (χ1n) is 9.18. The SMILES string of the molecule is CCCNCCNC(=O)c1ccsc1NC(=O)c1ccc2c(c1)CCC2. The van der Waals surface area contributed by atoms with Crippen molar-refractivity contribution in [3.63, 3.8) is 0 Å². The third kappa shape index (κ3) is 4.51. The van der Waals surface area contributed by atoms with Gasteiger partial charge < -0.3 is 16.0 Å². The molecular weight excluding hydrogens is 346 g/mol. The van der Waals surface area contributed by atoms with Crippen LogP contribution in [0.5, 0.6) is 0 Å². The zero-order valence-corrected chi connectivity index (χ0v) is 15.9. The third-order valence-corrected chi connectivity index (χ3v) is 5.34. The number of hydrogen-bond donors (Lipinski definition) is 3. The quantitative estimate of drug-likeness (QED) is 0.624. The first kappa shape index (κ1) is 18.6. The minimum atomic E-state index is -0.166. The molecule has 1 heterocycles. The Hall–Kier alpha value is -2.18. The minimum Gasteiger partial charge on any atom is -0.351 e. The molecule has 138 valence electrons. The van der Waals surface area contributed by atoms with Gasteiger partial charge in [0.05, 0.1) is 5.56 Å². The van der Waals surface area contributed by atoms with Crippen molar-refractivity contribution in [2.24, 2.45) is 0 Å². The van der Waals surface area contributed by atoms with Crippen molar-refractivity contribution in [1.29, 1.82) is 0 Å². The van der Waals surface area contributed by atoms with Crippen LogP contribution < -0.4 is 16.0 Å². The molecule has 1 aromatic heterocycles. The number of carbonyl (C=O) groups excluding carboxylic acids is 2. The summed E-state index contributed by atoms with van der Waals surface area (Å²) in [5.41, 5.74) is 3.77. The van der Waals surface area contributed by atoms with E-state index in [0.29, 0.717) is 22.7 Å². The predicted molar refractivity (Wildman–Crippen MR) is 106 cm³/mol. The molecule has 1 aliphatic rings. The summed E-state index contributed by atoms with van der Waals surface area (Å²) in [4.78, 5) is 24.9. The maximum absolute atomic E-state index is 12.6. The molecule has 0 bridgehead atoms. The number of amides is 2. The Bertz CT molecular complexity index is 785. The number of benzene rings is 1. The average molecular weight is 372 g/mol. The van der Waals surface area contributed by atoms with E-state index < -0.39 is 0 Å². The van der Waals surface area contributed by atoms with Gasteiger partial charge in [-0.2, -0.15) is 0 Å². The monoisotopic (exact) mass is 371 g/mol. The van der Waals surface area contributed by atoms with Crippen molar-refractivity contribution in [2.45, 2.75) is 32.6 Å². The van der Waals surface area contributed by atoms with Gasteiger partial charge in [-0.25, -0.2) is 0 Å². The number of fused-ring (bicyclic) bond motifs is 1. The fourth-order valence-electron chi connectivity index (χ4n) is 3.13. The maximum atomic E-state index is 12.6. The largest absolute Gasteiger partial charge is 0.351 e. The molecule has 0 saturated carbocycles. The lowest BCUT2D eigenvalue weighted by Gasteiger charge is -2.09. The normalized spacial score (nSPS) is 12.7. The number of hydrogen-bond acceptors (Lipinski definition) is 4. The summed E-state index contributed by atoms with van der Waals surface area (Å²) in [6.07, 6.45) is 4.36. The Morgan fingerprint density at radius 3 is 2.73 bits per heavy atom. The van der Waals surface area contributed by atoms with E-state index in [4.69, 9.17) is 0 Å². The van der Waals surface area contributed by atoms with Crippen molar-refractivity contribution in [1.82, 2.24) is 10.6 Å². The number of aryl methyl sites for hydroxylation is 2. The summed E-state index contributed by atoms with van der Waals surface area (Å²) in [7, 11) is 0. The smallest absolute Gasteiger partial charge is 0.256 e. The van der Waals surface area contributed by atoms with Gasteiger partial charge in [0.15, 0.2) is 0 Å². The van der Waals surface area contributed by atoms with Crippen LogP contribution in [0.3, 0.4) is 0 Å². The van der Waals surface area contributed by atoms with E-state index in [1.807, 2.05) is 23.6 Å². The predicted octanol–water partition coefficient (Wildman–Crippen LogP) is 3.22. The highest BCUT2D eigenvalue weighted by atomic mass is 32.1. The van der Waals surface area contributed by atoms with Crippen molar-refractivity contribution in [3.05, 3.63) is 51.9 Å². The molecule has 0 atom stereocenters. The molecule has 26 heavy (non-hydrogen) atoms. The molecule has 5 nitrogen and oxygen atoms in total. The highest BCUT2D eigenvalue weighted by molar-refractivity contribution is 7.14. The first-order chi connectivity index (χ1) is 12.7. The van der Waals surface area contributed by atoms with Gasteiger partial charge in [-0.1, -0.05) is 13.0 Å². The van der Waals surface area contributed by atoms with Gasteiger partial charge in [-0.15, -0.1) is 11.3 Å². The molecule has 2 aromatic rings.